The summed E-state index contributed by atoms with van der Waals surface area (Å²) < 4.78 is 7.32. The standard InChI is InChI=1S/C30H31N7O2/c1-20-15-24(23-7-5-6-8-26(23)34-20)25-18-33-37-19-22(17-32-28(25)37)21-9-10-27(31-16-21)35-11-13-36(14-12-35)29(38)39-30(2,3)4/h5-10,15-19H,11-14H2,1-4H3. The molecule has 6 rings (SSSR count). The van der Waals surface area contributed by atoms with Crippen LogP contribution in [0.1, 0.15) is 26.5 Å². The third-order valence-electron chi connectivity index (χ3n) is 6.83. The van der Waals surface area contributed by atoms with Gasteiger partial charge in [-0.3, -0.25) is 4.98 Å². The van der Waals surface area contributed by atoms with Crippen molar-refractivity contribution in [1.29, 1.82) is 0 Å². The van der Waals surface area contributed by atoms with Crippen LogP contribution in [0.4, 0.5) is 10.6 Å². The molecule has 0 saturated carbocycles. The Morgan fingerprint density at radius 2 is 1.67 bits per heavy atom. The van der Waals surface area contributed by atoms with E-state index in [1.165, 1.54) is 0 Å². The number of carbonyl (C=O) groups is 1. The summed E-state index contributed by atoms with van der Waals surface area (Å²) in [6, 6.07) is 14.3. The van der Waals surface area contributed by atoms with E-state index in [1.807, 2.05) is 81.3 Å². The van der Waals surface area contributed by atoms with Crippen molar-refractivity contribution in [2.45, 2.75) is 33.3 Å². The zero-order valence-electron chi connectivity index (χ0n) is 22.6. The highest BCUT2D eigenvalue weighted by Gasteiger charge is 2.26. The van der Waals surface area contributed by atoms with Crippen LogP contribution in [0.3, 0.4) is 0 Å². The summed E-state index contributed by atoms with van der Waals surface area (Å²) in [4.78, 5) is 30.5. The fourth-order valence-corrected chi connectivity index (χ4v) is 4.93. The van der Waals surface area contributed by atoms with Crippen molar-refractivity contribution in [2.24, 2.45) is 0 Å². The van der Waals surface area contributed by atoms with Crippen LogP contribution in [0.2, 0.25) is 0 Å². The van der Waals surface area contributed by atoms with Gasteiger partial charge in [0, 0.05) is 72.5 Å². The number of fused-ring (bicyclic) bond motifs is 2. The second-order valence-corrected chi connectivity index (χ2v) is 10.9. The van der Waals surface area contributed by atoms with E-state index in [9.17, 15) is 4.79 Å². The smallest absolute Gasteiger partial charge is 0.410 e. The predicted octanol–water partition coefficient (Wildman–Crippen LogP) is 5.37. The van der Waals surface area contributed by atoms with Crippen molar-refractivity contribution >= 4 is 28.5 Å². The molecule has 1 amide bonds. The minimum Gasteiger partial charge on any atom is -0.444 e. The lowest BCUT2D eigenvalue weighted by Crippen LogP contribution is -2.50. The Morgan fingerprint density at radius 1 is 0.897 bits per heavy atom. The number of benzene rings is 1. The van der Waals surface area contributed by atoms with E-state index < -0.39 is 5.60 Å². The minimum absolute atomic E-state index is 0.262. The molecule has 1 aliphatic rings. The van der Waals surface area contributed by atoms with E-state index in [-0.39, 0.29) is 6.09 Å². The lowest BCUT2D eigenvalue weighted by Gasteiger charge is -2.36. The molecule has 0 radical (unpaired) electrons. The molecule has 1 aliphatic heterocycles. The third kappa shape index (κ3) is 4.99. The Morgan fingerprint density at radius 3 is 2.41 bits per heavy atom. The maximum absolute atomic E-state index is 12.4. The molecule has 9 heteroatoms. The minimum atomic E-state index is -0.492. The molecule has 0 aliphatic carbocycles. The Hall–Kier alpha value is -4.53. The number of hydrogen-bond donors (Lipinski definition) is 0. The number of hydrogen-bond acceptors (Lipinski definition) is 7. The lowest BCUT2D eigenvalue weighted by atomic mass is 10.0. The zero-order chi connectivity index (χ0) is 27.1. The lowest BCUT2D eigenvalue weighted by molar-refractivity contribution is 0.0240. The number of piperazine rings is 1. The van der Waals surface area contributed by atoms with Gasteiger partial charge in [0.15, 0.2) is 5.65 Å². The highest BCUT2D eigenvalue weighted by Crippen LogP contribution is 2.31. The van der Waals surface area contributed by atoms with Crippen LogP contribution in [0.25, 0.3) is 38.8 Å². The maximum atomic E-state index is 12.4. The van der Waals surface area contributed by atoms with Gasteiger partial charge in [-0.1, -0.05) is 18.2 Å². The van der Waals surface area contributed by atoms with Crippen LogP contribution in [-0.4, -0.2) is 67.3 Å². The van der Waals surface area contributed by atoms with Crippen LogP contribution >= 0.6 is 0 Å². The van der Waals surface area contributed by atoms with Crippen LogP contribution in [0, 0.1) is 6.92 Å². The van der Waals surface area contributed by atoms with Crippen LogP contribution in [-0.2, 0) is 4.74 Å². The number of pyridine rings is 2. The van der Waals surface area contributed by atoms with Gasteiger partial charge in [0.2, 0.25) is 0 Å². The van der Waals surface area contributed by atoms with Gasteiger partial charge in [-0.15, -0.1) is 0 Å². The monoisotopic (exact) mass is 521 g/mol. The van der Waals surface area contributed by atoms with Gasteiger partial charge in [-0.25, -0.2) is 19.3 Å². The summed E-state index contributed by atoms with van der Waals surface area (Å²) in [5.74, 6) is 0.887. The number of aryl methyl sites for hydroxylation is 1. The Kier molecular flexibility index (Phi) is 6.13. The van der Waals surface area contributed by atoms with E-state index in [0.717, 1.165) is 50.3 Å². The summed E-state index contributed by atoms with van der Waals surface area (Å²) in [7, 11) is 0. The Balaban J connectivity index is 1.20. The van der Waals surface area contributed by atoms with Crippen LogP contribution < -0.4 is 4.90 Å². The molecule has 5 heterocycles. The van der Waals surface area contributed by atoms with Gasteiger partial charge >= 0.3 is 6.09 Å². The number of aromatic nitrogens is 5. The number of nitrogens with zero attached hydrogens (tertiary/aromatic N) is 7. The molecule has 9 nitrogen and oxygen atoms in total. The molecule has 4 aromatic heterocycles. The number of amides is 1. The molecular formula is C30H31N7O2. The summed E-state index contributed by atoms with van der Waals surface area (Å²) >= 11 is 0. The Labute approximate surface area is 227 Å². The van der Waals surface area contributed by atoms with Gasteiger partial charge in [0.25, 0.3) is 0 Å². The predicted molar refractivity (Wildman–Crippen MR) is 152 cm³/mol. The second kappa shape index (κ2) is 9.65. The molecule has 198 valence electrons. The molecule has 5 aromatic rings. The van der Waals surface area contributed by atoms with Gasteiger partial charge in [0.1, 0.15) is 11.4 Å². The van der Waals surface area contributed by atoms with Gasteiger partial charge in [-0.2, -0.15) is 5.10 Å². The number of ether oxygens (including phenoxy) is 1. The number of para-hydroxylation sites is 1. The average Bonchev–Trinajstić information content (AvgIpc) is 3.35. The molecule has 0 N–H and O–H groups in total. The SMILES string of the molecule is Cc1cc(-c2cnn3cc(-c4ccc(N5CCN(C(=O)OC(C)(C)C)CC5)nc4)cnc23)c2ccccc2n1. The average molecular weight is 522 g/mol. The molecule has 0 unspecified atom stereocenters. The highest BCUT2D eigenvalue weighted by molar-refractivity contribution is 5.98. The van der Waals surface area contributed by atoms with E-state index in [1.54, 1.807) is 4.90 Å². The third-order valence-corrected chi connectivity index (χ3v) is 6.83. The summed E-state index contributed by atoms with van der Waals surface area (Å²) in [6.07, 6.45) is 7.32. The zero-order valence-corrected chi connectivity index (χ0v) is 22.6. The first kappa shape index (κ1) is 24.8. The first-order valence-corrected chi connectivity index (χ1v) is 13.1. The van der Waals surface area contributed by atoms with Crippen molar-refractivity contribution in [1.82, 2.24) is 29.5 Å². The fraction of sp³-hybridized carbons (Fsp3) is 0.300. The fourth-order valence-electron chi connectivity index (χ4n) is 4.93. The van der Waals surface area contributed by atoms with Crippen molar-refractivity contribution in [3.05, 3.63) is 72.9 Å². The molecule has 0 spiro atoms. The van der Waals surface area contributed by atoms with E-state index >= 15 is 0 Å². The quantitative estimate of drug-likeness (QED) is 0.315. The summed E-state index contributed by atoms with van der Waals surface area (Å²) in [6.45, 7) is 10.3. The first-order chi connectivity index (χ1) is 18.7. The number of rotatable bonds is 3. The molecule has 1 saturated heterocycles. The number of carbonyl (C=O) groups excluding carboxylic acids is 1. The summed E-state index contributed by atoms with van der Waals surface area (Å²) in [5, 5.41) is 5.69. The second-order valence-electron chi connectivity index (χ2n) is 10.9. The van der Waals surface area contributed by atoms with E-state index in [2.05, 4.69) is 33.2 Å². The largest absolute Gasteiger partial charge is 0.444 e. The molecular weight excluding hydrogens is 490 g/mol. The normalized spacial score (nSPS) is 14.3. The first-order valence-electron chi connectivity index (χ1n) is 13.1. The molecule has 0 bridgehead atoms. The van der Waals surface area contributed by atoms with Gasteiger partial charge in [0.05, 0.1) is 11.7 Å². The molecule has 1 aromatic carbocycles. The maximum Gasteiger partial charge on any atom is 0.410 e. The Bertz CT molecular complexity index is 1660. The van der Waals surface area contributed by atoms with Crippen LogP contribution in [0.5, 0.6) is 0 Å². The van der Waals surface area contributed by atoms with Crippen molar-refractivity contribution < 1.29 is 9.53 Å². The topological polar surface area (TPSA) is 88.8 Å². The van der Waals surface area contributed by atoms with E-state index in [0.29, 0.717) is 26.2 Å². The number of anilines is 1. The van der Waals surface area contributed by atoms with Crippen molar-refractivity contribution in [3.63, 3.8) is 0 Å². The van der Waals surface area contributed by atoms with E-state index in [4.69, 9.17) is 14.7 Å². The van der Waals surface area contributed by atoms with Gasteiger partial charge in [-0.05, 0) is 57.5 Å². The van der Waals surface area contributed by atoms with Gasteiger partial charge < -0.3 is 14.5 Å². The molecule has 39 heavy (non-hydrogen) atoms. The molecule has 0 atom stereocenters. The van der Waals surface area contributed by atoms with Crippen molar-refractivity contribution in [2.75, 3.05) is 31.1 Å². The van der Waals surface area contributed by atoms with Crippen molar-refractivity contribution in [3.8, 4) is 22.3 Å². The van der Waals surface area contributed by atoms with Crippen LogP contribution in [0.15, 0.2) is 67.3 Å². The highest BCUT2D eigenvalue weighted by atomic mass is 16.6. The summed E-state index contributed by atoms with van der Waals surface area (Å²) in [5.41, 5.74) is 6.16. The molecule has 1 fully saturated rings.